The zero-order valence-electron chi connectivity index (χ0n) is 6.15. The van der Waals surface area contributed by atoms with Crippen molar-refractivity contribution in [3.8, 4) is 0 Å². The lowest BCUT2D eigenvalue weighted by Gasteiger charge is -2.26. The van der Waals surface area contributed by atoms with Crippen LogP contribution in [0.5, 0.6) is 0 Å². The molecule has 0 N–H and O–H groups in total. The molecule has 1 fully saturated rings. The quantitative estimate of drug-likeness (QED) is 0.563. The molecule has 0 aromatic rings. The number of likely N-dealkylation sites (tertiary alicyclic amines) is 1. The Kier molecular flexibility index (Phi) is 2.87. The topological polar surface area (TPSA) is 3.24 Å². The Morgan fingerprint density at radius 3 is 2.60 bits per heavy atom. The normalized spacial score (nSPS) is 22.9. The van der Waals surface area contributed by atoms with Gasteiger partial charge in [0.25, 0.3) is 0 Å². The van der Waals surface area contributed by atoms with Crippen molar-refractivity contribution >= 4 is 0 Å². The van der Waals surface area contributed by atoms with E-state index in [-0.39, 0.29) is 0 Å². The number of alkyl halides is 1. The molecule has 1 nitrogen and oxygen atoms in total. The molecule has 0 aromatic heterocycles. The minimum Gasteiger partial charge on any atom is -0.299 e. The van der Waals surface area contributed by atoms with Gasteiger partial charge in [-0.3, -0.25) is 4.90 Å². The number of rotatable bonds is 2. The van der Waals surface area contributed by atoms with E-state index in [0.29, 0.717) is 12.8 Å². The molecule has 57 valence electrons. The number of hydrogen-bond acceptors (Lipinski definition) is 1. The van der Waals surface area contributed by atoms with Gasteiger partial charge in [0.1, 0.15) is 6.17 Å². The van der Waals surface area contributed by atoms with Crippen molar-refractivity contribution in [1.82, 2.24) is 4.90 Å². The standard InChI is InChI=1S/C8H13FN/c1-2-5-10-6-3-8(9)4-7-10/h8H,1,3-7H2. The van der Waals surface area contributed by atoms with Crippen LogP contribution in [0.4, 0.5) is 4.39 Å². The van der Waals surface area contributed by atoms with Crippen molar-refractivity contribution in [2.24, 2.45) is 0 Å². The van der Waals surface area contributed by atoms with Gasteiger partial charge in [-0.15, -0.1) is 0 Å². The number of piperidine rings is 1. The van der Waals surface area contributed by atoms with Crippen LogP contribution in [0.1, 0.15) is 12.8 Å². The first-order valence-electron chi connectivity index (χ1n) is 3.69. The Morgan fingerprint density at radius 1 is 1.50 bits per heavy atom. The molecule has 1 aliphatic rings. The van der Waals surface area contributed by atoms with Gasteiger partial charge in [0.05, 0.1) is 0 Å². The lowest BCUT2D eigenvalue weighted by Crippen LogP contribution is -2.34. The van der Waals surface area contributed by atoms with E-state index in [0.717, 1.165) is 19.6 Å². The second kappa shape index (κ2) is 3.71. The molecule has 2 heteroatoms. The highest BCUT2D eigenvalue weighted by atomic mass is 19.1. The molecule has 0 unspecified atom stereocenters. The fourth-order valence-corrected chi connectivity index (χ4v) is 1.22. The van der Waals surface area contributed by atoms with Crippen molar-refractivity contribution in [3.05, 3.63) is 12.7 Å². The van der Waals surface area contributed by atoms with Crippen LogP contribution < -0.4 is 0 Å². The maximum absolute atomic E-state index is 12.5. The summed E-state index contributed by atoms with van der Waals surface area (Å²) in [6, 6.07) is 0. The predicted octanol–water partition coefficient (Wildman–Crippen LogP) is 1.41. The van der Waals surface area contributed by atoms with Gasteiger partial charge in [-0.25, -0.2) is 4.39 Å². The molecular weight excluding hydrogens is 129 g/mol. The van der Waals surface area contributed by atoms with Crippen LogP contribution in [-0.4, -0.2) is 30.7 Å². The minimum absolute atomic E-state index is 0.568. The number of nitrogens with zero attached hydrogens (tertiary/aromatic N) is 1. The van der Waals surface area contributed by atoms with Gasteiger partial charge in [-0.1, -0.05) is 6.58 Å². The van der Waals surface area contributed by atoms with Crippen molar-refractivity contribution in [1.29, 1.82) is 0 Å². The fraction of sp³-hybridized carbons (Fsp3) is 0.750. The summed E-state index contributed by atoms with van der Waals surface area (Å²) < 4.78 is 12.5. The second-order valence-corrected chi connectivity index (χ2v) is 2.70. The summed E-state index contributed by atoms with van der Waals surface area (Å²) in [6.07, 6.45) is 3.60. The summed E-state index contributed by atoms with van der Waals surface area (Å²) in [4.78, 5) is 2.17. The molecule has 0 amide bonds. The van der Waals surface area contributed by atoms with Gasteiger partial charge in [0, 0.05) is 19.6 Å². The van der Waals surface area contributed by atoms with E-state index in [4.69, 9.17) is 0 Å². The van der Waals surface area contributed by atoms with Crippen molar-refractivity contribution < 1.29 is 4.39 Å². The van der Waals surface area contributed by atoms with E-state index in [1.54, 1.807) is 0 Å². The van der Waals surface area contributed by atoms with E-state index in [1.165, 1.54) is 0 Å². The third kappa shape index (κ3) is 2.10. The smallest absolute Gasteiger partial charge is 0.103 e. The summed E-state index contributed by atoms with van der Waals surface area (Å²) in [5, 5.41) is 0. The van der Waals surface area contributed by atoms with Crippen LogP contribution in [0.15, 0.2) is 6.58 Å². The van der Waals surface area contributed by atoms with E-state index in [1.807, 2.05) is 0 Å². The average Bonchev–Trinajstić information content (AvgIpc) is 1.95. The lowest BCUT2D eigenvalue weighted by molar-refractivity contribution is 0.161. The van der Waals surface area contributed by atoms with Crippen molar-refractivity contribution in [3.63, 3.8) is 0 Å². The maximum Gasteiger partial charge on any atom is 0.103 e. The minimum atomic E-state index is -0.568. The summed E-state index contributed by atoms with van der Waals surface area (Å²) in [5.74, 6) is 0. The highest BCUT2D eigenvalue weighted by molar-refractivity contribution is 4.73. The van der Waals surface area contributed by atoms with E-state index in [2.05, 4.69) is 17.6 Å². The molecule has 10 heavy (non-hydrogen) atoms. The Bertz CT molecular complexity index is 106. The first kappa shape index (κ1) is 7.73. The molecular formula is C8H13FN. The van der Waals surface area contributed by atoms with Crippen LogP contribution in [0.3, 0.4) is 0 Å². The zero-order valence-corrected chi connectivity index (χ0v) is 6.15. The fourth-order valence-electron chi connectivity index (χ4n) is 1.22. The predicted molar refractivity (Wildman–Crippen MR) is 39.4 cm³/mol. The molecule has 1 saturated heterocycles. The van der Waals surface area contributed by atoms with Crippen LogP contribution >= 0.6 is 0 Å². The van der Waals surface area contributed by atoms with Gasteiger partial charge in [0.15, 0.2) is 0 Å². The third-order valence-corrected chi connectivity index (χ3v) is 1.85. The average molecular weight is 142 g/mol. The van der Waals surface area contributed by atoms with Gasteiger partial charge in [-0.2, -0.15) is 0 Å². The number of halogens is 1. The van der Waals surface area contributed by atoms with Gasteiger partial charge in [-0.05, 0) is 18.9 Å². The van der Waals surface area contributed by atoms with Crippen LogP contribution in [0.2, 0.25) is 0 Å². The molecule has 0 spiro atoms. The highest BCUT2D eigenvalue weighted by Gasteiger charge is 2.16. The SMILES string of the molecule is C=[C]CN1CCC(F)CC1. The van der Waals surface area contributed by atoms with Crippen molar-refractivity contribution in [2.75, 3.05) is 19.6 Å². The van der Waals surface area contributed by atoms with Crippen LogP contribution in [0.25, 0.3) is 0 Å². The summed E-state index contributed by atoms with van der Waals surface area (Å²) in [6.45, 7) is 6.03. The Hall–Kier alpha value is -0.370. The van der Waals surface area contributed by atoms with Gasteiger partial charge >= 0.3 is 0 Å². The molecule has 1 heterocycles. The Labute approximate surface area is 61.5 Å². The van der Waals surface area contributed by atoms with E-state index >= 15 is 0 Å². The summed E-state index contributed by atoms with van der Waals surface area (Å²) in [5.41, 5.74) is 0. The van der Waals surface area contributed by atoms with Crippen LogP contribution in [-0.2, 0) is 0 Å². The van der Waals surface area contributed by atoms with E-state index < -0.39 is 6.17 Å². The molecule has 0 saturated carbocycles. The molecule has 0 atom stereocenters. The summed E-state index contributed by atoms with van der Waals surface area (Å²) in [7, 11) is 0. The maximum atomic E-state index is 12.5. The second-order valence-electron chi connectivity index (χ2n) is 2.70. The molecule has 1 radical (unpaired) electrons. The van der Waals surface area contributed by atoms with Gasteiger partial charge in [0.2, 0.25) is 0 Å². The lowest BCUT2D eigenvalue weighted by atomic mass is 10.1. The molecule has 0 aliphatic carbocycles. The van der Waals surface area contributed by atoms with Crippen LogP contribution in [0, 0.1) is 6.08 Å². The molecule has 1 aliphatic heterocycles. The van der Waals surface area contributed by atoms with E-state index in [9.17, 15) is 4.39 Å². The molecule has 1 rings (SSSR count). The summed E-state index contributed by atoms with van der Waals surface area (Å²) >= 11 is 0. The Morgan fingerprint density at radius 2 is 2.10 bits per heavy atom. The zero-order chi connectivity index (χ0) is 7.40. The molecule has 0 bridgehead atoms. The van der Waals surface area contributed by atoms with Crippen molar-refractivity contribution in [2.45, 2.75) is 19.0 Å². The number of hydrogen-bond donors (Lipinski definition) is 0. The van der Waals surface area contributed by atoms with Gasteiger partial charge < -0.3 is 0 Å². The first-order chi connectivity index (χ1) is 4.83. The first-order valence-corrected chi connectivity index (χ1v) is 3.69. The highest BCUT2D eigenvalue weighted by Crippen LogP contribution is 2.12. The molecule has 0 aromatic carbocycles. The Balaban J connectivity index is 2.19. The largest absolute Gasteiger partial charge is 0.299 e. The third-order valence-electron chi connectivity index (χ3n) is 1.85. The monoisotopic (exact) mass is 142 g/mol.